The summed E-state index contributed by atoms with van der Waals surface area (Å²) in [6.07, 6.45) is 3.46. The van der Waals surface area contributed by atoms with Gasteiger partial charge in [0, 0.05) is 26.2 Å². The van der Waals surface area contributed by atoms with Crippen LogP contribution in [0.4, 0.5) is 0 Å². The highest BCUT2D eigenvalue weighted by Crippen LogP contribution is 2.00. The average Bonchev–Trinajstić information content (AvgIpc) is 2.28. The van der Waals surface area contributed by atoms with E-state index in [1.54, 1.807) is 0 Å². The Morgan fingerprint density at radius 2 is 2.17 bits per heavy atom. The second-order valence-corrected chi connectivity index (χ2v) is 3.55. The number of ether oxygens (including phenoxy) is 1. The van der Waals surface area contributed by atoms with Gasteiger partial charge in [0.1, 0.15) is 0 Å². The van der Waals surface area contributed by atoms with Crippen molar-refractivity contribution in [1.29, 1.82) is 0 Å². The molecule has 0 spiro atoms. The molecule has 0 amide bonds. The summed E-state index contributed by atoms with van der Waals surface area (Å²) in [4.78, 5) is 2.44. The van der Waals surface area contributed by atoms with Crippen molar-refractivity contribution >= 4 is 0 Å². The summed E-state index contributed by atoms with van der Waals surface area (Å²) in [5.74, 6) is 0. The number of allylic oxidation sites excluding steroid dienone is 1. The molecule has 0 bridgehead atoms. The van der Waals surface area contributed by atoms with Crippen molar-refractivity contribution in [2.75, 3.05) is 32.8 Å². The van der Waals surface area contributed by atoms with E-state index in [1.165, 1.54) is 18.5 Å². The lowest BCUT2D eigenvalue weighted by atomic mass is 10.3. The van der Waals surface area contributed by atoms with Gasteiger partial charge in [-0.2, -0.15) is 0 Å². The summed E-state index contributed by atoms with van der Waals surface area (Å²) in [5.41, 5.74) is 1.40. The second-order valence-electron chi connectivity index (χ2n) is 3.55. The van der Waals surface area contributed by atoms with Crippen LogP contribution in [0.3, 0.4) is 0 Å². The van der Waals surface area contributed by atoms with Crippen molar-refractivity contribution in [2.45, 2.75) is 20.3 Å². The summed E-state index contributed by atoms with van der Waals surface area (Å²) >= 11 is 0. The first kappa shape index (κ1) is 9.75. The Hall–Kier alpha value is -0.340. The van der Waals surface area contributed by atoms with Gasteiger partial charge in [0.2, 0.25) is 0 Å². The summed E-state index contributed by atoms with van der Waals surface area (Å²) in [6.45, 7) is 9.49. The topological polar surface area (TPSA) is 12.5 Å². The van der Waals surface area contributed by atoms with Crippen LogP contribution in [0.15, 0.2) is 11.6 Å². The average molecular weight is 169 g/mol. The first-order chi connectivity index (χ1) is 5.79. The summed E-state index contributed by atoms with van der Waals surface area (Å²) in [6, 6.07) is 0. The fourth-order valence-corrected chi connectivity index (χ4v) is 1.29. The van der Waals surface area contributed by atoms with Gasteiger partial charge in [-0.3, -0.25) is 4.90 Å². The lowest BCUT2D eigenvalue weighted by molar-refractivity contribution is 0.143. The van der Waals surface area contributed by atoms with Gasteiger partial charge in [0.15, 0.2) is 0 Å². The van der Waals surface area contributed by atoms with E-state index < -0.39 is 0 Å². The molecule has 0 saturated carbocycles. The molecule has 0 N–H and O–H groups in total. The van der Waals surface area contributed by atoms with Crippen LogP contribution >= 0.6 is 0 Å². The Morgan fingerprint density at radius 1 is 1.33 bits per heavy atom. The van der Waals surface area contributed by atoms with Crippen LogP contribution in [0.5, 0.6) is 0 Å². The maximum Gasteiger partial charge on any atom is 0.0593 e. The Bertz CT molecular complexity index is 142. The third-order valence-corrected chi connectivity index (χ3v) is 2.07. The van der Waals surface area contributed by atoms with Gasteiger partial charge in [-0.15, -0.1) is 0 Å². The van der Waals surface area contributed by atoms with Crippen LogP contribution in [0.1, 0.15) is 20.3 Å². The SMILES string of the molecule is CC(C)=CCN1CCCOCC1. The molecule has 0 aliphatic carbocycles. The molecule has 0 aromatic carbocycles. The van der Waals surface area contributed by atoms with E-state index in [0.717, 1.165) is 26.3 Å². The summed E-state index contributed by atoms with van der Waals surface area (Å²) in [5, 5.41) is 0. The van der Waals surface area contributed by atoms with Gasteiger partial charge >= 0.3 is 0 Å². The molecular formula is C10H19NO. The molecule has 12 heavy (non-hydrogen) atoms. The normalized spacial score (nSPS) is 20.2. The molecule has 1 saturated heterocycles. The molecule has 1 heterocycles. The monoisotopic (exact) mass is 169 g/mol. The number of rotatable bonds is 2. The zero-order valence-corrected chi connectivity index (χ0v) is 8.18. The first-order valence-electron chi connectivity index (χ1n) is 4.72. The van der Waals surface area contributed by atoms with E-state index in [1.807, 2.05) is 0 Å². The molecule has 0 radical (unpaired) electrons. The van der Waals surface area contributed by atoms with Crippen molar-refractivity contribution in [3.8, 4) is 0 Å². The van der Waals surface area contributed by atoms with Crippen molar-refractivity contribution < 1.29 is 4.74 Å². The Morgan fingerprint density at radius 3 is 2.92 bits per heavy atom. The molecule has 1 aliphatic heterocycles. The van der Waals surface area contributed by atoms with Crippen molar-refractivity contribution in [1.82, 2.24) is 4.90 Å². The molecule has 1 rings (SSSR count). The number of hydrogen-bond acceptors (Lipinski definition) is 2. The summed E-state index contributed by atoms with van der Waals surface area (Å²) < 4.78 is 5.37. The minimum atomic E-state index is 0.899. The molecule has 0 atom stereocenters. The van der Waals surface area contributed by atoms with E-state index in [0.29, 0.717) is 0 Å². The summed E-state index contributed by atoms with van der Waals surface area (Å²) in [7, 11) is 0. The molecule has 2 nitrogen and oxygen atoms in total. The van der Waals surface area contributed by atoms with E-state index in [4.69, 9.17) is 4.74 Å². The van der Waals surface area contributed by atoms with Crippen molar-refractivity contribution in [3.63, 3.8) is 0 Å². The fourth-order valence-electron chi connectivity index (χ4n) is 1.29. The van der Waals surface area contributed by atoms with E-state index >= 15 is 0 Å². The predicted molar refractivity (Wildman–Crippen MR) is 51.3 cm³/mol. The maximum absolute atomic E-state index is 5.37. The van der Waals surface area contributed by atoms with Gasteiger partial charge in [0.25, 0.3) is 0 Å². The highest BCUT2D eigenvalue weighted by atomic mass is 16.5. The highest BCUT2D eigenvalue weighted by Gasteiger charge is 2.06. The van der Waals surface area contributed by atoms with E-state index in [-0.39, 0.29) is 0 Å². The van der Waals surface area contributed by atoms with E-state index in [2.05, 4.69) is 24.8 Å². The standard InChI is InChI=1S/C10H19NO/c1-10(2)4-6-11-5-3-8-12-9-7-11/h4H,3,5-9H2,1-2H3. The molecule has 1 aliphatic rings. The lowest BCUT2D eigenvalue weighted by Crippen LogP contribution is -2.26. The molecule has 2 heteroatoms. The van der Waals surface area contributed by atoms with Gasteiger partial charge in [0.05, 0.1) is 6.61 Å². The lowest BCUT2D eigenvalue weighted by Gasteiger charge is -2.16. The highest BCUT2D eigenvalue weighted by molar-refractivity contribution is 4.94. The third kappa shape index (κ3) is 3.88. The molecule has 0 aromatic heterocycles. The zero-order valence-electron chi connectivity index (χ0n) is 8.18. The minimum absolute atomic E-state index is 0.899. The number of hydrogen-bond donors (Lipinski definition) is 0. The largest absolute Gasteiger partial charge is 0.380 e. The third-order valence-electron chi connectivity index (χ3n) is 2.07. The fraction of sp³-hybridized carbons (Fsp3) is 0.800. The van der Waals surface area contributed by atoms with E-state index in [9.17, 15) is 0 Å². The van der Waals surface area contributed by atoms with Crippen LogP contribution in [-0.2, 0) is 4.74 Å². The Balaban J connectivity index is 2.25. The molecular weight excluding hydrogens is 150 g/mol. The second kappa shape index (κ2) is 5.33. The van der Waals surface area contributed by atoms with Crippen molar-refractivity contribution in [2.24, 2.45) is 0 Å². The van der Waals surface area contributed by atoms with Crippen LogP contribution in [0, 0.1) is 0 Å². The number of nitrogens with zero attached hydrogens (tertiary/aromatic N) is 1. The predicted octanol–water partition coefficient (Wildman–Crippen LogP) is 1.67. The van der Waals surface area contributed by atoms with Crippen LogP contribution in [-0.4, -0.2) is 37.7 Å². The van der Waals surface area contributed by atoms with Crippen LogP contribution in [0.25, 0.3) is 0 Å². The molecule has 70 valence electrons. The Labute approximate surface area is 75.2 Å². The van der Waals surface area contributed by atoms with Crippen LogP contribution < -0.4 is 0 Å². The smallest absolute Gasteiger partial charge is 0.0593 e. The maximum atomic E-state index is 5.37. The van der Waals surface area contributed by atoms with Gasteiger partial charge in [-0.05, 0) is 20.3 Å². The molecule has 1 fully saturated rings. The van der Waals surface area contributed by atoms with Crippen LogP contribution in [0.2, 0.25) is 0 Å². The molecule has 0 aromatic rings. The minimum Gasteiger partial charge on any atom is -0.380 e. The van der Waals surface area contributed by atoms with Crippen molar-refractivity contribution in [3.05, 3.63) is 11.6 Å². The van der Waals surface area contributed by atoms with Gasteiger partial charge in [-0.1, -0.05) is 11.6 Å². The van der Waals surface area contributed by atoms with Gasteiger partial charge in [-0.25, -0.2) is 0 Å². The van der Waals surface area contributed by atoms with Gasteiger partial charge < -0.3 is 4.74 Å². The zero-order chi connectivity index (χ0) is 8.81. The molecule has 0 unspecified atom stereocenters. The Kier molecular flexibility index (Phi) is 4.33. The first-order valence-corrected chi connectivity index (χ1v) is 4.72. The quantitative estimate of drug-likeness (QED) is 0.583.